The van der Waals surface area contributed by atoms with Crippen LogP contribution in [0.2, 0.25) is 0 Å². The van der Waals surface area contributed by atoms with Crippen molar-refractivity contribution in [2.75, 3.05) is 0 Å². The predicted molar refractivity (Wildman–Crippen MR) is 39.9 cm³/mol. The second-order valence-electron chi connectivity index (χ2n) is 0.896. The molecule has 12 heteroatoms. The SMILES string of the molecule is O=S(=O)(O)O.O=S(=O)(O)O.[Al].[K]. The normalized spacial score (nSPS) is 9.67. The van der Waals surface area contributed by atoms with Crippen LogP contribution in [0.15, 0.2) is 0 Å². The molecule has 8 nitrogen and oxygen atoms in total. The van der Waals surface area contributed by atoms with E-state index in [4.69, 9.17) is 35.0 Å². The zero-order chi connectivity index (χ0) is 9.00. The molecule has 68 valence electrons. The van der Waals surface area contributed by atoms with E-state index in [0.717, 1.165) is 0 Å². The van der Waals surface area contributed by atoms with Gasteiger partial charge in [-0.15, -0.1) is 0 Å². The van der Waals surface area contributed by atoms with Crippen molar-refractivity contribution < 1.29 is 35.0 Å². The molecule has 0 aromatic heterocycles. The molecule has 0 aromatic carbocycles. The molecule has 0 aliphatic rings. The van der Waals surface area contributed by atoms with Gasteiger partial charge in [-0.1, -0.05) is 0 Å². The Balaban J connectivity index is -0.0000000457. The van der Waals surface area contributed by atoms with Crippen LogP contribution in [0.1, 0.15) is 0 Å². The maximum atomic E-state index is 8.74. The molecule has 0 saturated heterocycles. The van der Waals surface area contributed by atoms with Crippen molar-refractivity contribution in [2.24, 2.45) is 0 Å². The van der Waals surface area contributed by atoms with Crippen LogP contribution in [0.5, 0.6) is 0 Å². The Labute approximate surface area is 122 Å². The van der Waals surface area contributed by atoms with E-state index in [0.29, 0.717) is 0 Å². The number of hydrogen-bond acceptors (Lipinski definition) is 4. The van der Waals surface area contributed by atoms with E-state index < -0.39 is 20.8 Å². The van der Waals surface area contributed by atoms with Crippen molar-refractivity contribution >= 4 is 89.5 Å². The quantitative estimate of drug-likeness (QED) is 0.287. The maximum Gasteiger partial charge on any atom is 0.394 e. The molecule has 0 atom stereocenters. The van der Waals surface area contributed by atoms with Crippen molar-refractivity contribution in [1.29, 1.82) is 0 Å². The fourth-order valence-corrected chi connectivity index (χ4v) is 0. The minimum absolute atomic E-state index is 0. The van der Waals surface area contributed by atoms with E-state index >= 15 is 0 Å². The third-order valence-corrected chi connectivity index (χ3v) is 0. The second-order valence-corrected chi connectivity index (χ2v) is 2.69. The van der Waals surface area contributed by atoms with Gasteiger partial charge in [-0.05, 0) is 0 Å². The van der Waals surface area contributed by atoms with Gasteiger partial charge < -0.3 is 0 Å². The maximum absolute atomic E-state index is 8.74. The number of hydrogen-bond donors (Lipinski definition) is 4. The molecule has 0 aromatic rings. The van der Waals surface area contributed by atoms with Crippen molar-refractivity contribution in [1.82, 2.24) is 0 Å². The van der Waals surface area contributed by atoms with Gasteiger partial charge >= 0.3 is 20.8 Å². The van der Waals surface area contributed by atoms with Crippen LogP contribution in [0.25, 0.3) is 0 Å². The van der Waals surface area contributed by atoms with Gasteiger partial charge in [0.2, 0.25) is 0 Å². The Morgan fingerprint density at radius 1 is 0.667 bits per heavy atom. The Morgan fingerprint density at radius 3 is 0.667 bits per heavy atom. The van der Waals surface area contributed by atoms with E-state index in [1.165, 1.54) is 0 Å². The molecule has 0 unspecified atom stereocenters. The van der Waals surface area contributed by atoms with Crippen molar-refractivity contribution in [3.8, 4) is 0 Å². The molecule has 0 aliphatic carbocycles. The Bertz CT molecular complexity index is 213. The molecule has 0 saturated carbocycles. The third-order valence-electron chi connectivity index (χ3n) is 0. The summed E-state index contributed by atoms with van der Waals surface area (Å²) >= 11 is 0. The van der Waals surface area contributed by atoms with Gasteiger partial charge in [0.05, 0.1) is 0 Å². The molecule has 0 amide bonds. The fourth-order valence-electron chi connectivity index (χ4n) is 0. The van der Waals surface area contributed by atoms with Gasteiger partial charge in [0.25, 0.3) is 0 Å². The van der Waals surface area contributed by atoms with Gasteiger partial charge in [0, 0.05) is 68.7 Å². The summed E-state index contributed by atoms with van der Waals surface area (Å²) in [7, 11) is -9.33. The smallest absolute Gasteiger partial charge is 0.264 e. The van der Waals surface area contributed by atoms with E-state index in [2.05, 4.69) is 0 Å². The first-order valence-electron chi connectivity index (χ1n) is 1.40. The Morgan fingerprint density at radius 2 is 0.667 bits per heavy atom. The molecule has 12 heavy (non-hydrogen) atoms. The molecule has 0 spiro atoms. The summed E-state index contributed by atoms with van der Waals surface area (Å²) in [5, 5.41) is 0. The fraction of sp³-hybridized carbons (Fsp3) is 0. The summed E-state index contributed by atoms with van der Waals surface area (Å²) in [6.45, 7) is 0. The molecule has 0 heterocycles. The summed E-state index contributed by atoms with van der Waals surface area (Å²) in [5.41, 5.74) is 0. The Kier molecular flexibility index (Phi) is 18.6. The predicted octanol–water partition coefficient (Wildman–Crippen LogP) is -2.07. The summed E-state index contributed by atoms with van der Waals surface area (Å²) in [5.74, 6) is 0. The Hall–Kier alpha value is 1.91. The topological polar surface area (TPSA) is 149 Å². The largest absolute Gasteiger partial charge is 0.394 e. The summed E-state index contributed by atoms with van der Waals surface area (Å²) in [4.78, 5) is 0. The van der Waals surface area contributed by atoms with Crippen LogP contribution in [0, 0.1) is 0 Å². The van der Waals surface area contributed by atoms with E-state index in [-0.39, 0.29) is 68.7 Å². The first-order chi connectivity index (χ1) is 4.00. The first kappa shape index (κ1) is 23.6. The van der Waals surface area contributed by atoms with Crippen LogP contribution in [-0.2, 0) is 20.8 Å². The zero-order valence-corrected chi connectivity index (χ0v) is 11.7. The van der Waals surface area contributed by atoms with Gasteiger partial charge in [-0.3, -0.25) is 18.2 Å². The summed E-state index contributed by atoms with van der Waals surface area (Å²) in [6.07, 6.45) is 0. The standard InChI is InChI=1S/Al.K.2H2O4S/c;;2*1-5(2,3)4/h;;2*(H2,1,2,3,4). The molecule has 0 rings (SSSR count). The van der Waals surface area contributed by atoms with Crippen LogP contribution in [-0.4, -0.2) is 104 Å². The third kappa shape index (κ3) is 389. The summed E-state index contributed by atoms with van der Waals surface area (Å²) in [6, 6.07) is 0. The van der Waals surface area contributed by atoms with Crippen molar-refractivity contribution in [2.45, 2.75) is 0 Å². The van der Waals surface area contributed by atoms with Crippen LogP contribution < -0.4 is 0 Å². The minimum atomic E-state index is -4.67. The zero-order valence-electron chi connectivity index (χ0n) is 5.82. The molecule has 0 aliphatic heterocycles. The van der Waals surface area contributed by atoms with Crippen LogP contribution in [0.3, 0.4) is 0 Å². The molecular formula is H4AlKO8S2. The monoisotopic (exact) mass is 262 g/mol. The molecular weight excluding hydrogens is 258 g/mol. The molecule has 0 bridgehead atoms. The first-order valence-corrected chi connectivity index (χ1v) is 4.19. The molecule has 4 N–H and O–H groups in total. The van der Waals surface area contributed by atoms with Gasteiger partial charge in [0.1, 0.15) is 0 Å². The van der Waals surface area contributed by atoms with E-state index in [1.54, 1.807) is 0 Å². The number of rotatable bonds is 0. The van der Waals surface area contributed by atoms with Crippen molar-refractivity contribution in [3.05, 3.63) is 0 Å². The van der Waals surface area contributed by atoms with Gasteiger partial charge in [-0.2, -0.15) is 16.8 Å². The van der Waals surface area contributed by atoms with Gasteiger partial charge in [0.15, 0.2) is 0 Å². The average Bonchev–Trinajstić information content (AvgIpc) is 1.12. The van der Waals surface area contributed by atoms with E-state index in [1.807, 2.05) is 0 Å². The van der Waals surface area contributed by atoms with Crippen LogP contribution >= 0.6 is 0 Å². The second kappa shape index (κ2) is 9.46. The van der Waals surface area contributed by atoms with Crippen molar-refractivity contribution in [3.63, 3.8) is 0 Å². The summed E-state index contributed by atoms with van der Waals surface area (Å²) < 4.78 is 63.2. The molecule has 0 fully saturated rings. The molecule has 4 radical (unpaired) electrons. The minimum Gasteiger partial charge on any atom is -0.264 e. The van der Waals surface area contributed by atoms with E-state index in [9.17, 15) is 0 Å². The van der Waals surface area contributed by atoms with Gasteiger partial charge in [-0.25, -0.2) is 0 Å². The average molecular weight is 262 g/mol. The van der Waals surface area contributed by atoms with Crippen LogP contribution in [0.4, 0.5) is 0 Å².